The molecule has 0 radical (unpaired) electrons. The molecule has 0 aliphatic heterocycles. The van der Waals surface area contributed by atoms with Gasteiger partial charge in [-0.3, -0.25) is 4.79 Å². The lowest BCUT2D eigenvalue weighted by Gasteiger charge is -2.20. The van der Waals surface area contributed by atoms with Crippen LogP contribution < -0.4 is 14.8 Å². The molecule has 0 aliphatic carbocycles. The molecule has 0 bridgehead atoms. The Bertz CT molecular complexity index is 839. The number of nitrogens with one attached hydrogen (secondary N) is 1. The van der Waals surface area contributed by atoms with Crippen molar-refractivity contribution < 1.29 is 23.8 Å². The smallest absolute Gasteiger partial charge is 0.347 e. The van der Waals surface area contributed by atoms with Crippen molar-refractivity contribution in [3.63, 3.8) is 0 Å². The normalized spacial score (nSPS) is 13.2. The molecular formula is C23H29NO5. The van der Waals surface area contributed by atoms with Gasteiger partial charge in [-0.15, -0.1) is 0 Å². The van der Waals surface area contributed by atoms with Gasteiger partial charge in [0.2, 0.25) is 0 Å². The van der Waals surface area contributed by atoms with E-state index in [1.807, 2.05) is 24.3 Å². The predicted octanol–water partition coefficient (Wildman–Crippen LogP) is 4.33. The van der Waals surface area contributed by atoms with E-state index in [1.165, 1.54) is 19.6 Å². The molecule has 0 spiro atoms. The Morgan fingerprint density at radius 2 is 1.55 bits per heavy atom. The molecule has 0 saturated carbocycles. The van der Waals surface area contributed by atoms with Crippen LogP contribution in [0.5, 0.6) is 11.5 Å². The minimum absolute atomic E-state index is 0.0350. The molecular weight excluding hydrogens is 370 g/mol. The Labute approximate surface area is 172 Å². The van der Waals surface area contributed by atoms with Crippen LogP contribution >= 0.6 is 0 Å². The van der Waals surface area contributed by atoms with E-state index in [9.17, 15) is 9.59 Å². The van der Waals surface area contributed by atoms with Crippen LogP contribution in [0.4, 0.5) is 5.69 Å². The summed E-state index contributed by atoms with van der Waals surface area (Å²) >= 11 is 0. The van der Waals surface area contributed by atoms with Gasteiger partial charge in [-0.05, 0) is 49.1 Å². The maximum atomic E-state index is 12.3. The third-order valence-electron chi connectivity index (χ3n) is 4.39. The highest BCUT2D eigenvalue weighted by Crippen LogP contribution is 2.25. The van der Waals surface area contributed by atoms with Gasteiger partial charge in [0.1, 0.15) is 11.5 Å². The molecule has 6 heteroatoms. The highest BCUT2D eigenvalue weighted by Gasteiger charge is 2.24. The first-order valence-electron chi connectivity index (χ1n) is 9.53. The fourth-order valence-electron chi connectivity index (χ4n) is 2.59. The lowest BCUT2D eigenvalue weighted by atomic mass is 9.87. The maximum absolute atomic E-state index is 12.3. The summed E-state index contributed by atoms with van der Waals surface area (Å²) in [6, 6.07) is 14.6. The zero-order valence-corrected chi connectivity index (χ0v) is 17.8. The molecule has 0 unspecified atom stereocenters. The lowest BCUT2D eigenvalue weighted by Crippen LogP contribution is -2.35. The zero-order chi connectivity index (χ0) is 21.6. The molecule has 0 heterocycles. The number of rotatable bonds is 7. The second-order valence-corrected chi connectivity index (χ2v) is 7.80. The van der Waals surface area contributed by atoms with Crippen molar-refractivity contribution in [2.24, 2.45) is 0 Å². The van der Waals surface area contributed by atoms with E-state index in [-0.39, 0.29) is 5.41 Å². The summed E-state index contributed by atoms with van der Waals surface area (Å²) in [5.74, 6) is 0.0144. The number of esters is 1. The molecule has 2 atom stereocenters. The van der Waals surface area contributed by atoms with Crippen molar-refractivity contribution in [1.82, 2.24) is 0 Å². The molecule has 2 aromatic carbocycles. The average molecular weight is 399 g/mol. The molecule has 2 rings (SSSR count). The number of hydrogen-bond acceptors (Lipinski definition) is 5. The van der Waals surface area contributed by atoms with Crippen LogP contribution in [-0.2, 0) is 19.7 Å². The molecule has 156 valence electrons. The first kappa shape index (κ1) is 22.3. The van der Waals surface area contributed by atoms with Gasteiger partial charge in [0, 0.05) is 0 Å². The first-order chi connectivity index (χ1) is 13.6. The number of ether oxygens (including phenoxy) is 3. The molecule has 1 N–H and O–H groups in total. The van der Waals surface area contributed by atoms with Crippen LogP contribution in [0.25, 0.3) is 0 Å². The van der Waals surface area contributed by atoms with Gasteiger partial charge in [0.05, 0.1) is 12.8 Å². The van der Waals surface area contributed by atoms with E-state index in [1.54, 1.807) is 31.2 Å². The topological polar surface area (TPSA) is 73.9 Å². The molecule has 0 aliphatic rings. The number of methoxy groups -OCH3 is 1. The van der Waals surface area contributed by atoms with Gasteiger partial charge in [-0.2, -0.15) is 0 Å². The van der Waals surface area contributed by atoms with Crippen LogP contribution in [0.2, 0.25) is 0 Å². The van der Waals surface area contributed by atoms with Crippen molar-refractivity contribution in [3.05, 3.63) is 54.1 Å². The zero-order valence-electron chi connectivity index (χ0n) is 17.8. The number of benzene rings is 2. The molecule has 6 nitrogen and oxygen atoms in total. The summed E-state index contributed by atoms with van der Waals surface area (Å²) in [4.78, 5) is 24.7. The van der Waals surface area contributed by atoms with E-state index < -0.39 is 24.1 Å². The van der Waals surface area contributed by atoms with Gasteiger partial charge in [0.25, 0.3) is 5.91 Å². The van der Waals surface area contributed by atoms with Crippen molar-refractivity contribution in [2.75, 3.05) is 12.4 Å². The molecule has 0 fully saturated rings. The number of anilines is 1. The number of carbonyl (C=O) groups excluding carboxylic acids is 2. The summed E-state index contributed by atoms with van der Waals surface area (Å²) in [6.07, 6.45) is -1.83. The minimum Gasteiger partial charge on any atom is -0.495 e. The van der Waals surface area contributed by atoms with Gasteiger partial charge in [0.15, 0.2) is 12.2 Å². The summed E-state index contributed by atoms with van der Waals surface area (Å²) < 4.78 is 16.1. The second kappa shape index (κ2) is 9.45. The van der Waals surface area contributed by atoms with Crippen molar-refractivity contribution in [2.45, 2.75) is 52.2 Å². The third kappa shape index (κ3) is 6.24. The Kier molecular flexibility index (Phi) is 7.26. The van der Waals surface area contributed by atoms with Crippen LogP contribution in [0.1, 0.15) is 40.2 Å². The lowest BCUT2D eigenvalue weighted by molar-refractivity contribution is -0.159. The Balaban J connectivity index is 1.92. The van der Waals surface area contributed by atoms with Gasteiger partial charge in [-0.25, -0.2) is 4.79 Å². The highest BCUT2D eigenvalue weighted by molar-refractivity contribution is 5.96. The van der Waals surface area contributed by atoms with E-state index in [0.717, 1.165) is 0 Å². The summed E-state index contributed by atoms with van der Waals surface area (Å²) in [6.45, 7) is 9.47. The van der Waals surface area contributed by atoms with Crippen molar-refractivity contribution in [3.8, 4) is 11.5 Å². The van der Waals surface area contributed by atoms with E-state index in [2.05, 4.69) is 26.1 Å². The predicted molar refractivity (Wildman–Crippen MR) is 112 cm³/mol. The summed E-state index contributed by atoms with van der Waals surface area (Å²) in [5.41, 5.74) is 1.71. The van der Waals surface area contributed by atoms with Gasteiger partial charge in [-0.1, -0.05) is 45.0 Å². The van der Waals surface area contributed by atoms with Crippen molar-refractivity contribution in [1.29, 1.82) is 0 Å². The third-order valence-corrected chi connectivity index (χ3v) is 4.39. The Morgan fingerprint density at radius 1 is 0.931 bits per heavy atom. The van der Waals surface area contributed by atoms with Crippen LogP contribution in [0.3, 0.4) is 0 Å². The molecule has 29 heavy (non-hydrogen) atoms. The fraction of sp³-hybridized carbons (Fsp3) is 0.391. The largest absolute Gasteiger partial charge is 0.495 e. The van der Waals surface area contributed by atoms with Crippen molar-refractivity contribution >= 4 is 17.6 Å². The highest BCUT2D eigenvalue weighted by atomic mass is 16.6. The number of hydrogen-bond donors (Lipinski definition) is 1. The number of carbonyl (C=O) groups is 2. The number of para-hydroxylation sites is 2. The Morgan fingerprint density at radius 3 is 2.14 bits per heavy atom. The molecule has 0 saturated heterocycles. The Hall–Kier alpha value is -3.02. The fourth-order valence-corrected chi connectivity index (χ4v) is 2.59. The van der Waals surface area contributed by atoms with Gasteiger partial charge < -0.3 is 19.5 Å². The monoisotopic (exact) mass is 399 g/mol. The summed E-state index contributed by atoms with van der Waals surface area (Å²) in [7, 11) is 1.52. The summed E-state index contributed by atoms with van der Waals surface area (Å²) in [5, 5.41) is 2.69. The molecule has 2 aromatic rings. The quantitative estimate of drug-likeness (QED) is 0.702. The van der Waals surface area contributed by atoms with Crippen LogP contribution in [0, 0.1) is 0 Å². The van der Waals surface area contributed by atoms with E-state index in [4.69, 9.17) is 14.2 Å². The molecule has 1 amide bonds. The minimum atomic E-state index is -0.985. The maximum Gasteiger partial charge on any atom is 0.347 e. The van der Waals surface area contributed by atoms with Crippen LogP contribution in [0.15, 0.2) is 48.5 Å². The van der Waals surface area contributed by atoms with E-state index >= 15 is 0 Å². The first-order valence-corrected chi connectivity index (χ1v) is 9.53. The standard InChI is InChI=1S/C23H29NO5/c1-15(21(25)24-19-9-7-8-10-20(19)27-6)29-22(26)16(2)28-18-13-11-17(12-14-18)23(3,4)5/h7-16H,1-6H3,(H,24,25)/t15-,16+/m1/s1. The average Bonchev–Trinajstić information content (AvgIpc) is 2.67. The van der Waals surface area contributed by atoms with E-state index in [0.29, 0.717) is 17.2 Å². The molecule has 0 aromatic heterocycles. The van der Waals surface area contributed by atoms with Gasteiger partial charge >= 0.3 is 5.97 Å². The van der Waals surface area contributed by atoms with Crippen LogP contribution in [-0.4, -0.2) is 31.2 Å². The SMILES string of the molecule is COc1ccccc1NC(=O)[C@@H](C)OC(=O)[C@H](C)Oc1ccc(C(C)(C)C)cc1. The second-order valence-electron chi connectivity index (χ2n) is 7.80. The number of amides is 1.